The van der Waals surface area contributed by atoms with E-state index in [1.807, 2.05) is 36.4 Å². The number of benzene rings is 1. The Kier molecular flexibility index (Phi) is 3.25. The Morgan fingerprint density at radius 2 is 2.11 bits per heavy atom. The standard InChI is InChI=1S/C15H15N3O/c19-15(18-10-14-3-1-2-6-17-14)11-4-5-12-8-16-9-13(12)7-11/h1-7,16H,8-10H2,(H,18,19). The van der Waals surface area contributed by atoms with Crippen LogP contribution in [0.1, 0.15) is 27.2 Å². The minimum absolute atomic E-state index is 0.0552. The Hall–Kier alpha value is -2.20. The van der Waals surface area contributed by atoms with Gasteiger partial charge in [0.2, 0.25) is 0 Å². The van der Waals surface area contributed by atoms with Gasteiger partial charge in [-0.25, -0.2) is 0 Å². The smallest absolute Gasteiger partial charge is 0.251 e. The molecule has 0 atom stereocenters. The van der Waals surface area contributed by atoms with Gasteiger partial charge in [0, 0.05) is 24.8 Å². The lowest BCUT2D eigenvalue weighted by atomic mass is 10.1. The van der Waals surface area contributed by atoms with Gasteiger partial charge in [-0.1, -0.05) is 12.1 Å². The predicted molar refractivity (Wildman–Crippen MR) is 72.4 cm³/mol. The number of aromatic nitrogens is 1. The Labute approximate surface area is 111 Å². The van der Waals surface area contributed by atoms with Gasteiger partial charge in [0.15, 0.2) is 0 Å². The van der Waals surface area contributed by atoms with E-state index < -0.39 is 0 Å². The van der Waals surface area contributed by atoms with Gasteiger partial charge >= 0.3 is 0 Å². The lowest BCUT2D eigenvalue weighted by Gasteiger charge is -2.06. The van der Waals surface area contributed by atoms with Gasteiger partial charge in [-0.2, -0.15) is 0 Å². The molecule has 2 heterocycles. The molecular formula is C15H15N3O. The molecule has 0 bridgehead atoms. The van der Waals surface area contributed by atoms with Gasteiger partial charge < -0.3 is 10.6 Å². The maximum atomic E-state index is 12.1. The Morgan fingerprint density at radius 1 is 1.21 bits per heavy atom. The highest BCUT2D eigenvalue weighted by Gasteiger charge is 2.13. The molecule has 1 aliphatic heterocycles. The molecule has 19 heavy (non-hydrogen) atoms. The molecule has 4 nitrogen and oxygen atoms in total. The molecule has 0 fully saturated rings. The maximum absolute atomic E-state index is 12.1. The number of fused-ring (bicyclic) bond motifs is 1. The molecule has 0 aliphatic carbocycles. The molecule has 2 N–H and O–H groups in total. The fraction of sp³-hybridized carbons (Fsp3) is 0.200. The van der Waals surface area contributed by atoms with E-state index in [-0.39, 0.29) is 5.91 Å². The Balaban J connectivity index is 1.67. The van der Waals surface area contributed by atoms with Crippen molar-refractivity contribution in [3.05, 3.63) is 65.0 Å². The largest absolute Gasteiger partial charge is 0.346 e. The van der Waals surface area contributed by atoms with E-state index in [4.69, 9.17) is 0 Å². The van der Waals surface area contributed by atoms with E-state index in [1.165, 1.54) is 11.1 Å². The highest BCUT2D eigenvalue weighted by Crippen LogP contribution is 2.16. The first-order valence-electron chi connectivity index (χ1n) is 6.33. The topological polar surface area (TPSA) is 54.0 Å². The molecule has 0 saturated heterocycles. The zero-order chi connectivity index (χ0) is 13.1. The second-order valence-electron chi connectivity index (χ2n) is 4.59. The Bertz CT molecular complexity index is 596. The molecule has 96 valence electrons. The molecule has 0 spiro atoms. The van der Waals surface area contributed by atoms with E-state index in [0.717, 1.165) is 18.8 Å². The van der Waals surface area contributed by atoms with Crippen LogP contribution in [0.15, 0.2) is 42.6 Å². The van der Waals surface area contributed by atoms with Crippen LogP contribution in [0.25, 0.3) is 0 Å². The van der Waals surface area contributed by atoms with E-state index in [2.05, 4.69) is 15.6 Å². The van der Waals surface area contributed by atoms with Gasteiger partial charge in [0.25, 0.3) is 5.91 Å². The van der Waals surface area contributed by atoms with E-state index >= 15 is 0 Å². The monoisotopic (exact) mass is 253 g/mol. The molecule has 1 aliphatic rings. The number of amides is 1. The molecular weight excluding hydrogens is 238 g/mol. The summed E-state index contributed by atoms with van der Waals surface area (Å²) in [5, 5.41) is 6.15. The van der Waals surface area contributed by atoms with Crippen LogP contribution in [0.5, 0.6) is 0 Å². The summed E-state index contributed by atoms with van der Waals surface area (Å²) in [6.45, 7) is 2.19. The summed E-state index contributed by atoms with van der Waals surface area (Å²) >= 11 is 0. The van der Waals surface area contributed by atoms with Crippen molar-refractivity contribution < 1.29 is 4.79 Å². The zero-order valence-electron chi connectivity index (χ0n) is 10.5. The van der Waals surface area contributed by atoms with Crippen molar-refractivity contribution in [1.29, 1.82) is 0 Å². The van der Waals surface area contributed by atoms with Crippen molar-refractivity contribution in [2.45, 2.75) is 19.6 Å². The molecule has 0 radical (unpaired) electrons. The van der Waals surface area contributed by atoms with Crippen LogP contribution in [-0.4, -0.2) is 10.9 Å². The summed E-state index contributed by atoms with van der Waals surface area (Å²) in [5.41, 5.74) is 4.06. The van der Waals surface area contributed by atoms with Crippen LogP contribution in [0.2, 0.25) is 0 Å². The average Bonchev–Trinajstić information content (AvgIpc) is 2.93. The molecule has 0 saturated carbocycles. The van der Waals surface area contributed by atoms with Gasteiger partial charge in [-0.3, -0.25) is 9.78 Å². The molecule has 0 unspecified atom stereocenters. The van der Waals surface area contributed by atoms with Crippen molar-refractivity contribution in [1.82, 2.24) is 15.6 Å². The van der Waals surface area contributed by atoms with Gasteiger partial charge in [-0.15, -0.1) is 0 Å². The third-order valence-corrected chi connectivity index (χ3v) is 3.26. The third-order valence-electron chi connectivity index (χ3n) is 3.26. The molecule has 3 rings (SSSR count). The highest BCUT2D eigenvalue weighted by atomic mass is 16.1. The SMILES string of the molecule is O=C(NCc1ccccn1)c1ccc2c(c1)CNC2. The Morgan fingerprint density at radius 3 is 2.95 bits per heavy atom. The number of carbonyl (C=O) groups excluding carboxylic acids is 1. The van der Waals surface area contributed by atoms with Crippen molar-refractivity contribution >= 4 is 5.91 Å². The second-order valence-corrected chi connectivity index (χ2v) is 4.59. The number of hydrogen-bond acceptors (Lipinski definition) is 3. The van der Waals surface area contributed by atoms with Crippen LogP contribution >= 0.6 is 0 Å². The van der Waals surface area contributed by atoms with Gasteiger partial charge in [0.1, 0.15) is 0 Å². The minimum Gasteiger partial charge on any atom is -0.346 e. The molecule has 1 aromatic carbocycles. The normalized spacial score (nSPS) is 13.1. The predicted octanol–water partition coefficient (Wildman–Crippen LogP) is 1.61. The average molecular weight is 253 g/mol. The quantitative estimate of drug-likeness (QED) is 0.874. The highest BCUT2D eigenvalue weighted by molar-refractivity contribution is 5.94. The minimum atomic E-state index is -0.0552. The van der Waals surface area contributed by atoms with Gasteiger partial charge in [-0.05, 0) is 35.4 Å². The summed E-state index contributed by atoms with van der Waals surface area (Å²) in [6, 6.07) is 11.5. The summed E-state index contributed by atoms with van der Waals surface area (Å²) in [6.07, 6.45) is 1.72. The number of nitrogens with one attached hydrogen (secondary N) is 2. The summed E-state index contributed by atoms with van der Waals surface area (Å²) in [5.74, 6) is -0.0552. The van der Waals surface area contributed by atoms with E-state index in [1.54, 1.807) is 6.20 Å². The number of pyridine rings is 1. The van der Waals surface area contributed by atoms with Crippen molar-refractivity contribution in [3.8, 4) is 0 Å². The van der Waals surface area contributed by atoms with E-state index in [0.29, 0.717) is 12.1 Å². The number of nitrogens with zero attached hydrogens (tertiary/aromatic N) is 1. The first kappa shape index (κ1) is 11.9. The van der Waals surface area contributed by atoms with Crippen molar-refractivity contribution in [2.75, 3.05) is 0 Å². The first-order valence-corrected chi connectivity index (χ1v) is 6.33. The first-order chi connectivity index (χ1) is 9.33. The van der Waals surface area contributed by atoms with Crippen LogP contribution < -0.4 is 10.6 Å². The van der Waals surface area contributed by atoms with Crippen LogP contribution in [0.4, 0.5) is 0 Å². The molecule has 1 aromatic heterocycles. The lowest BCUT2D eigenvalue weighted by Crippen LogP contribution is -2.23. The van der Waals surface area contributed by atoms with Gasteiger partial charge in [0.05, 0.1) is 12.2 Å². The summed E-state index contributed by atoms with van der Waals surface area (Å²) in [7, 11) is 0. The number of carbonyl (C=O) groups is 1. The van der Waals surface area contributed by atoms with Crippen LogP contribution in [-0.2, 0) is 19.6 Å². The molecule has 1 amide bonds. The van der Waals surface area contributed by atoms with Crippen molar-refractivity contribution in [2.24, 2.45) is 0 Å². The lowest BCUT2D eigenvalue weighted by molar-refractivity contribution is 0.0950. The third kappa shape index (κ3) is 2.63. The molecule has 4 heteroatoms. The number of rotatable bonds is 3. The van der Waals surface area contributed by atoms with Crippen LogP contribution in [0, 0.1) is 0 Å². The summed E-state index contributed by atoms with van der Waals surface area (Å²) < 4.78 is 0. The fourth-order valence-electron chi connectivity index (χ4n) is 2.21. The van der Waals surface area contributed by atoms with Crippen molar-refractivity contribution in [3.63, 3.8) is 0 Å². The molecule has 2 aromatic rings. The number of hydrogen-bond donors (Lipinski definition) is 2. The fourth-order valence-corrected chi connectivity index (χ4v) is 2.21. The summed E-state index contributed by atoms with van der Waals surface area (Å²) in [4.78, 5) is 16.2. The van der Waals surface area contributed by atoms with E-state index in [9.17, 15) is 4.79 Å². The zero-order valence-corrected chi connectivity index (χ0v) is 10.5. The second kappa shape index (κ2) is 5.20. The van der Waals surface area contributed by atoms with Crippen LogP contribution in [0.3, 0.4) is 0 Å². The maximum Gasteiger partial charge on any atom is 0.251 e.